The summed E-state index contributed by atoms with van der Waals surface area (Å²) in [6.45, 7) is 0. The van der Waals surface area contributed by atoms with Crippen molar-refractivity contribution in [3.8, 4) is 0 Å². The Morgan fingerprint density at radius 2 is 1.80 bits per heavy atom. The average Bonchev–Trinajstić information content (AvgIpc) is 1.88. The predicted molar refractivity (Wildman–Crippen MR) is 32.7 cm³/mol. The average molecular weight is 143 g/mol. The molecule has 0 radical (unpaired) electrons. The predicted octanol–water partition coefficient (Wildman–Crippen LogP) is 0.0869. The molecular formula is C6H9NO3. The Bertz CT molecular complexity index is 150. The number of hydroxylamine groups is 2. The summed E-state index contributed by atoms with van der Waals surface area (Å²) in [6, 6.07) is 0. The highest BCUT2D eigenvalue weighted by Crippen LogP contribution is 2.11. The van der Waals surface area contributed by atoms with Gasteiger partial charge in [0.15, 0.2) is 0 Å². The van der Waals surface area contributed by atoms with Gasteiger partial charge in [-0.2, -0.15) is 5.06 Å². The van der Waals surface area contributed by atoms with E-state index in [4.69, 9.17) is 0 Å². The van der Waals surface area contributed by atoms with Crippen molar-refractivity contribution >= 4 is 11.8 Å². The van der Waals surface area contributed by atoms with E-state index in [1.807, 2.05) is 0 Å². The van der Waals surface area contributed by atoms with Crippen molar-refractivity contribution < 1.29 is 14.4 Å². The molecule has 0 unspecified atom stereocenters. The first-order chi connectivity index (χ1) is 4.75. The Kier molecular flexibility index (Phi) is 2.01. The second kappa shape index (κ2) is 2.79. The van der Waals surface area contributed by atoms with E-state index < -0.39 is 0 Å². The van der Waals surface area contributed by atoms with E-state index in [2.05, 4.69) is 4.84 Å². The summed E-state index contributed by atoms with van der Waals surface area (Å²) in [5.41, 5.74) is 0. The van der Waals surface area contributed by atoms with Gasteiger partial charge in [-0.05, 0) is 6.42 Å². The molecule has 1 fully saturated rings. The van der Waals surface area contributed by atoms with Crippen LogP contribution in [0, 0.1) is 0 Å². The molecule has 1 rings (SSSR count). The van der Waals surface area contributed by atoms with Crippen molar-refractivity contribution in [1.82, 2.24) is 5.06 Å². The standard InChI is InChI=1S/C6H9NO3/c1-10-7-5(8)3-2-4-6(7)9/h2-4H2,1H3. The van der Waals surface area contributed by atoms with Crippen molar-refractivity contribution in [3.05, 3.63) is 0 Å². The molecule has 1 saturated heterocycles. The monoisotopic (exact) mass is 143 g/mol. The molecule has 0 atom stereocenters. The van der Waals surface area contributed by atoms with Crippen molar-refractivity contribution in [1.29, 1.82) is 0 Å². The van der Waals surface area contributed by atoms with Crippen LogP contribution < -0.4 is 0 Å². The molecule has 4 nitrogen and oxygen atoms in total. The Morgan fingerprint density at radius 3 is 2.10 bits per heavy atom. The van der Waals surface area contributed by atoms with Crippen LogP contribution in [0.4, 0.5) is 0 Å². The normalized spacial score (nSPS) is 19.9. The third kappa shape index (κ3) is 1.16. The minimum Gasteiger partial charge on any atom is -0.272 e. The van der Waals surface area contributed by atoms with Crippen LogP contribution in [-0.4, -0.2) is 24.0 Å². The van der Waals surface area contributed by atoms with Gasteiger partial charge in [0, 0.05) is 12.8 Å². The number of imide groups is 1. The highest BCUT2D eigenvalue weighted by molar-refractivity contribution is 5.96. The molecule has 0 aromatic heterocycles. The smallest absolute Gasteiger partial charge is 0.253 e. The maximum Gasteiger partial charge on any atom is 0.253 e. The molecule has 0 bridgehead atoms. The van der Waals surface area contributed by atoms with Crippen LogP contribution in [0.25, 0.3) is 0 Å². The topological polar surface area (TPSA) is 46.6 Å². The highest BCUT2D eigenvalue weighted by Gasteiger charge is 2.25. The maximum absolute atomic E-state index is 10.8. The molecule has 1 heterocycles. The summed E-state index contributed by atoms with van der Waals surface area (Å²) in [4.78, 5) is 26.2. The molecule has 0 aromatic rings. The van der Waals surface area contributed by atoms with Gasteiger partial charge in [0.25, 0.3) is 11.8 Å². The molecule has 2 amide bonds. The summed E-state index contributed by atoms with van der Waals surface area (Å²) in [6.07, 6.45) is 1.48. The first-order valence-electron chi connectivity index (χ1n) is 3.15. The van der Waals surface area contributed by atoms with Crippen molar-refractivity contribution in [2.45, 2.75) is 19.3 Å². The van der Waals surface area contributed by atoms with Crippen LogP contribution in [0.5, 0.6) is 0 Å². The van der Waals surface area contributed by atoms with Crippen LogP contribution in [0.2, 0.25) is 0 Å². The summed E-state index contributed by atoms with van der Waals surface area (Å²) >= 11 is 0. The fourth-order valence-electron chi connectivity index (χ4n) is 0.937. The van der Waals surface area contributed by atoms with E-state index in [9.17, 15) is 9.59 Å². The fraction of sp³-hybridized carbons (Fsp3) is 0.667. The summed E-state index contributed by atoms with van der Waals surface area (Å²) in [7, 11) is 1.32. The van der Waals surface area contributed by atoms with Gasteiger partial charge in [0.1, 0.15) is 0 Å². The first-order valence-corrected chi connectivity index (χ1v) is 3.15. The second-order valence-corrected chi connectivity index (χ2v) is 2.12. The third-order valence-corrected chi connectivity index (χ3v) is 1.42. The van der Waals surface area contributed by atoms with Gasteiger partial charge in [-0.25, -0.2) is 0 Å². The van der Waals surface area contributed by atoms with Gasteiger partial charge in [0.05, 0.1) is 7.11 Å². The van der Waals surface area contributed by atoms with E-state index >= 15 is 0 Å². The SMILES string of the molecule is CON1C(=O)CCCC1=O. The molecule has 4 heteroatoms. The molecular weight excluding hydrogens is 134 g/mol. The fourth-order valence-corrected chi connectivity index (χ4v) is 0.937. The Hall–Kier alpha value is -0.900. The Labute approximate surface area is 58.7 Å². The number of carbonyl (C=O) groups is 2. The third-order valence-electron chi connectivity index (χ3n) is 1.42. The zero-order valence-corrected chi connectivity index (χ0v) is 5.79. The lowest BCUT2D eigenvalue weighted by Crippen LogP contribution is -2.38. The van der Waals surface area contributed by atoms with E-state index in [-0.39, 0.29) is 11.8 Å². The molecule has 56 valence electrons. The van der Waals surface area contributed by atoms with Crippen LogP contribution in [0.15, 0.2) is 0 Å². The number of carbonyl (C=O) groups excluding carboxylic acids is 2. The summed E-state index contributed by atoms with van der Waals surface area (Å²) in [5.74, 6) is -0.475. The highest BCUT2D eigenvalue weighted by atomic mass is 16.7. The van der Waals surface area contributed by atoms with Gasteiger partial charge in [-0.15, -0.1) is 0 Å². The molecule has 0 saturated carbocycles. The van der Waals surface area contributed by atoms with Crippen molar-refractivity contribution in [2.75, 3.05) is 7.11 Å². The number of nitrogens with zero attached hydrogens (tertiary/aromatic N) is 1. The second-order valence-electron chi connectivity index (χ2n) is 2.12. The number of amides is 2. The van der Waals surface area contributed by atoms with E-state index in [0.29, 0.717) is 19.3 Å². The van der Waals surface area contributed by atoms with Crippen LogP contribution >= 0.6 is 0 Å². The van der Waals surface area contributed by atoms with Crippen LogP contribution in [0.3, 0.4) is 0 Å². The minimum absolute atomic E-state index is 0.237. The Morgan fingerprint density at radius 1 is 1.30 bits per heavy atom. The lowest BCUT2D eigenvalue weighted by Gasteiger charge is -2.21. The quantitative estimate of drug-likeness (QED) is 0.488. The van der Waals surface area contributed by atoms with Gasteiger partial charge < -0.3 is 0 Å². The zero-order valence-electron chi connectivity index (χ0n) is 5.79. The molecule has 10 heavy (non-hydrogen) atoms. The number of hydrogen-bond donors (Lipinski definition) is 0. The van der Waals surface area contributed by atoms with E-state index in [1.165, 1.54) is 7.11 Å². The molecule has 0 aliphatic carbocycles. The van der Waals surface area contributed by atoms with Gasteiger partial charge >= 0.3 is 0 Å². The van der Waals surface area contributed by atoms with Gasteiger partial charge in [0.2, 0.25) is 0 Å². The zero-order chi connectivity index (χ0) is 7.56. The lowest BCUT2D eigenvalue weighted by molar-refractivity contribution is -0.190. The minimum atomic E-state index is -0.237. The number of rotatable bonds is 1. The Balaban J connectivity index is 2.62. The maximum atomic E-state index is 10.8. The van der Waals surface area contributed by atoms with Crippen LogP contribution in [0.1, 0.15) is 19.3 Å². The largest absolute Gasteiger partial charge is 0.272 e. The number of hydrogen-bond acceptors (Lipinski definition) is 3. The molecule has 0 spiro atoms. The molecule has 1 aliphatic rings. The molecule has 0 aromatic carbocycles. The first kappa shape index (κ1) is 7.21. The molecule has 1 aliphatic heterocycles. The summed E-state index contributed by atoms with van der Waals surface area (Å²) in [5, 5.41) is 0.823. The van der Waals surface area contributed by atoms with E-state index in [0.717, 1.165) is 5.06 Å². The van der Waals surface area contributed by atoms with E-state index in [1.54, 1.807) is 0 Å². The summed E-state index contributed by atoms with van der Waals surface area (Å²) < 4.78 is 0. The molecule has 0 N–H and O–H groups in total. The van der Waals surface area contributed by atoms with Crippen LogP contribution in [-0.2, 0) is 14.4 Å². The van der Waals surface area contributed by atoms with Gasteiger partial charge in [-0.3, -0.25) is 14.4 Å². The van der Waals surface area contributed by atoms with Crippen molar-refractivity contribution in [3.63, 3.8) is 0 Å². The lowest BCUT2D eigenvalue weighted by atomic mass is 10.1. The van der Waals surface area contributed by atoms with Crippen molar-refractivity contribution in [2.24, 2.45) is 0 Å². The number of piperidine rings is 1. The van der Waals surface area contributed by atoms with Gasteiger partial charge in [-0.1, -0.05) is 0 Å².